The van der Waals surface area contributed by atoms with Crippen LogP contribution in [0.1, 0.15) is 24.2 Å². The topological polar surface area (TPSA) is 40.5 Å². The lowest BCUT2D eigenvalue weighted by Crippen LogP contribution is -2.39. The summed E-state index contributed by atoms with van der Waals surface area (Å²) in [5.41, 5.74) is 0.552. The van der Waals surface area contributed by atoms with Gasteiger partial charge in [-0.3, -0.25) is 4.79 Å². The zero-order valence-electron chi connectivity index (χ0n) is 9.78. The molecule has 0 fully saturated rings. The molecule has 1 N–H and O–H groups in total. The van der Waals surface area contributed by atoms with Crippen LogP contribution >= 0.6 is 27.5 Å². The van der Waals surface area contributed by atoms with Crippen LogP contribution < -0.4 is 0 Å². The van der Waals surface area contributed by atoms with Crippen LogP contribution in [-0.4, -0.2) is 35.1 Å². The Hall–Kier alpha value is -0.580. The molecule has 94 valence electrons. The summed E-state index contributed by atoms with van der Waals surface area (Å²) >= 11 is 9.15. The normalized spacial score (nSPS) is 10.7. The van der Waals surface area contributed by atoms with E-state index >= 15 is 0 Å². The van der Waals surface area contributed by atoms with Gasteiger partial charge in [-0.1, -0.05) is 11.6 Å². The van der Waals surface area contributed by atoms with E-state index in [-0.39, 0.29) is 18.6 Å². The maximum Gasteiger partial charge on any atom is 0.255 e. The maximum absolute atomic E-state index is 12.3. The molecule has 0 aliphatic rings. The number of benzene rings is 1. The van der Waals surface area contributed by atoms with Crippen LogP contribution in [0.15, 0.2) is 22.7 Å². The van der Waals surface area contributed by atoms with Crippen LogP contribution in [0.3, 0.4) is 0 Å². The third-order valence-electron chi connectivity index (χ3n) is 2.39. The smallest absolute Gasteiger partial charge is 0.255 e. The Kier molecular flexibility index (Phi) is 5.43. The Labute approximate surface area is 115 Å². The number of nitrogens with zero attached hydrogens (tertiary/aromatic N) is 1. The highest BCUT2D eigenvalue weighted by atomic mass is 79.9. The van der Waals surface area contributed by atoms with Crippen molar-refractivity contribution in [3.8, 4) is 0 Å². The van der Waals surface area contributed by atoms with Crippen molar-refractivity contribution >= 4 is 33.4 Å². The molecule has 0 radical (unpaired) electrons. The fourth-order valence-corrected chi connectivity index (χ4v) is 2.37. The van der Waals surface area contributed by atoms with Crippen LogP contribution in [0.5, 0.6) is 0 Å². The van der Waals surface area contributed by atoms with Crippen molar-refractivity contribution in [3.05, 3.63) is 33.3 Å². The average Bonchev–Trinajstić information content (AvgIpc) is 2.24. The lowest BCUT2D eigenvalue weighted by molar-refractivity contribution is 0.0664. The minimum atomic E-state index is -0.113. The summed E-state index contributed by atoms with van der Waals surface area (Å²) < 4.78 is 0.665. The van der Waals surface area contributed by atoms with E-state index in [0.29, 0.717) is 21.6 Å². The van der Waals surface area contributed by atoms with E-state index in [1.165, 1.54) is 0 Å². The monoisotopic (exact) mass is 319 g/mol. The first kappa shape index (κ1) is 14.5. The zero-order valence-corrected chi connectivity index (χ0v) is 12.1. The second-order valence-corrected chi connectivity index (χ2v) is 5.23. The molecule has 0 aliphatic heterocycles. The van der Waals surface area contributed by atoms with Crippen molar-refractivity contribution in [1.29, 1.82) is 0 Å². The number of aliphatic hydroxyl groups excluding tert-OH is 1. The molecule has 3 nitrogen and oxygen atoms in total. The van der Waals surface area contributed by atoms with Gasteiger partial charge < -0.3 is 10.0 Å². The second kappa shape index (κ2) is 6.38. The predicted octanol–water partition coefficient (Wildman–Crippen LogP) is 2.95. The molecule has 0 aromatic heterocycles. The van der Waals surface area contributed by atoms with Crippen LogP contribution in [0.2, 0.25) is 5.02 Å². The molecule has 1 aromatic carbocycles. The van der Waals surface area contributed by atoms with Gasteiger partial charge in [-0.2, -0.15) is 0 Å². The standard InChI is InChI=1S/C12H15BrClNO2/c1-8(2)15(5-6-16)12(17)10-4-3-9(14)7-11(10)13/h3-4,7-8,16H,5-6H2,1-2H3. The minimum Gasteiger partial charge on any atom is -0.395 e. The van der Waals surface area contributed by atoms with E-state index in [0.717, 1.165) is 0 Å². The molecule has 1 aromatic rings. The van der Waals surface area contributed by atoms with Gasteiger partial charge in [0.2, 0.25) is 0 Å². The lowest BCUT2D eigenvalue weighted by Gasteiger charge is -2.26. The molecule has 5 heteroatoms. The van der Waals surface area contributed by atoms with Crippen molar-refractivity contribution in [3.63, 3.8) is 0 Å². The number of carbonyl (C=O) groups excluding carboxylic acids is 1. The third-order valence-corrected chi connectivity index (χ3v) is 3.28. The van der Waals surface area contributed by atoms with Gasteiger partial charge in [-0.15, -0.1) is 0 Å². The molecule has 0 heterocycles. The van der Waals surface area contributed by atoms with Gasteiger partial charge in [0.15, 0.2) is 0 Å². The van der Waals surface area contributed by atoms with Crippen molar-refractivity contribution in [1.82, 2.24) is 4.90 Å². The van der Waals surface area contributed by atoms with E-state index in [1.54, 1.807) is 23.1 Å². The van der Waals surface area contributed by atoms with Crippen LogP contribution in [-0.2, 0) is 0 Å². The van der Waals surface area contributed by atoms with E-state index in [9.17, 15) is 4.79 Å². The summed E-state index contributed by atoms with van der Waals surface area (Å²) in [6.07, 6.45) is 0. The number of hydrogen-bond acceptors (Lipinski definition) is 2. The fourth-order valence-electron chi connectivity index (χ4n) is 1.52. The van der Waals surface area contributed by atoms with E-state index in [1.807, 2.05) is 13.8 Å². The zero-order chi connectivity index (χ0) is 13.0. The number of halogens is 2. The molecule has 0 atom stereocenters. The molecule has 0 unspecified atom stereocenters. The van der Waals surface area contributed by atoms with Gasteiger partial charge in [-0.05, 0) is 48.0 Å². The van der Waals surface area contributed by atoms with E-state index < -0.39 is 0 Å². The average molecular weight is 321 g/mol. The Balaban J connectivity index is 3.01. The minimum absolute atomic E-state index is 0.0391. The summed E-state index contributed by atoms with van der Waals surface area (Å²) in [5, 5.41) is 9.54. The summed E-state index contributed by atoms with van der Waals surface area (Å²) in [6, 6.07) is 5.09. The molecular weight excluding hydrogens is 305 g/mol. The van der Waals surface area contributed by atoms with Gasteiger partial charge in [-0.25, -0.2) is 0 Å². The maximum atomic E-state index is 12.3. The Morgan fingerprint density at radius 2 is 2.18 bits per heavy atom. The highest BCUT2D eigenvalue weighted by Gasteiger charge is 2.20. The van der Waals surface area contributed by atoms with Gasteiger partial charge in [0, 0.05) is 22.1 Å². The largest absolute Gasteiger partial charge is 0.395 e. The first-order valence-electron chi connectivity index (χ1n) is 5.34. The summed E-state index contributed by atoms with van der Waals surface area (Å²) in [5.74, 6) is -0.113. The summed E-state index contributed by atoms with van der Waals surface area (Å²) in [7, 11) is 0. The SMILES string of the molecule is CC(C)N(CCO)C(=O)c1ccc(Cl)cc1Br. The van der Waals surface area contributed by atoms with Crippen molar-refractivity contribution in [2.75, 3.05) is 13.2 Å². The molecule has 0 aliphatic carbocycles. The van der Waals surface area contributed by atoms with Crippen molar-refractivity contribution < 1.29 is 9.90 Å². The highest BCUT2D eigenvalue weighted by Crippen LogP contribution is 2.23. The first-order valence-corrected chi connectivity index (χ1v) is 6.51. The van der Waals surface area contributed by atoms with Crippen LogP contribution in [0.25, 0.3) is 0 Å². The van der Waals surface area contributed by atoms with E-state index in [2.05, 4.69) is 15.9 Å². The summed E-state index contributed by atoms with van der Waals surface area (Å²) in [6.45, 7) is 4.11. The quantitative estimate of drug-likeness (QED) is 0.926. The Morgan fingerprint density at radius 1 is 1.53 bits per heavy atom. The van der Waals surface area contributed by atoms with Gasteiger partial charge in [0.25, 0.3) is 5.91 Å². The van der Waals surface area contributed by atoms with Crippen molar-refractivity contribution in [2.24, 2.45) is 0 Å². The van der Waals surface area contributed by atoms with Crippen LogP contribution in [0.4, 0.5) is 0 Å². The fraction of sp³-hybridized carbons (Fsp3) is 0.417. The Bertz CT molecular complexity index is 409. The predicted molar refractivity (Wildman–Crippen MR) is 72.4 cm³/mol. The Morgan fingerprint density at radius 3 is 2.65 bits per heavy atom. The van der Waals surface area contributed by atoms with Gasteiger partial charge >= 0.3 is 0 Å². The lowest BCUT2D eigenvalue weighted by atomic mass is 10.1. The molecule has 0 saturated heterocycles. The highest BCUT2D eigenvalue weighted by molar-refractivity contribution is 9.10. The number of carbonyl (C=O) groups is 1. The first-order chi connectivity index (χ1) is 7.97. The van der Waals surface area contributed by atoms with Crippen LogP contribution in [0, 0.1) is 0 Å². The number of aliphatic hydroxyl groups is 1. The van der Waals surface area contributed by atoms with E-state index in [4.69, 9.17) is 16.7 Å². The van der Waals surface area contributed by atoms with Gasteiger partial charge in [0.1, 0.15) is 0 Å². The molecule has 1 amide bonds. The number of rotatable bonds is 4. The third kappa shape index (κ3) is 3.69. The molecule has 1 rings (SSSR count). The molecule has 0 saturated carbocycles. The number of amides is 1. The van der Waals surface area contributed by atoms with Crippen molar-refractivity contribution in [2.45, 2.75) is 19.9 Å². The summed E-state index contributed by atoms with van der Waals surface area (Å²) in [4.78, 5) is 13.9. The molecular formula is C12H15BrClNO2. The van der Waals surface area contributed by atoms with Gasteiger partial charge in [0.05, 0.1) is 12.2 Å². The number of hydrogen-bond donors (Lipinski definition) is 1. The molecule has 17 heavy (non-hydrogen) atoms. The molecule has 0 spiro atoms. The second-order valence-electron chi connectivity index (χ2n) is 3.94. The molecule has 0 bridgehead atoms.